The molecule has 0 saturated carbocycles. The van der Waals surface area contributed by atoms with Crippen molar-refractivity contribution in [3.8, 4) is 0 Å². The molecule has 1 fully saturated rings. The van der Waals surface area contributed by atoms with Gasteiger partial charge in [-0.3, -0.25) is 14.4 Å². The molecule has 3 rings (SSSR count). The Kier molecular flexibility index (Phi) is 7.26. The first-order valence-corrected chi connectivity index (χ1v) is 10.4. The zero-order valence-corrected chi connectivity index (χ0v) is 16.9. The van der Waals surface area contributed by atoms with E-state index in [1.54, 1.807) is 0 Å². The van der Waals surface area contributed by atoms with Crippen molar-refractivity contribution in [1.82, 2.24) is 24.5 Å². The third-order valence-electron chi connectivity index (χ3n) is 5.57. The maximum absolute atomic E-state index is 12.9. The van der Waals surface area contributed by atoms with Crippen molar-refractivity contribution in [3.05, 3.63) is 17.5 Å². The summed E-state index contributed by atoms with van der Waals surface area (Å²) in [6.45, 7) is 5.34. The molecule has 1 unspecified atom stereocenters. The number of likely N-dealkylation sites (N-methyl/N-ethyl adjacent to an activating group) is 1. The fraction of sp³-hybridized carbons (Fsp3) is 0.800. The van der Waals surface area contributed by atoms with Crippen LogP contribution in [0.3, 0.4) is 0 Å². The molecular weight excluding hydrogens is 342 g/mol. The van der Waals surface area contributed by atoms with Gasteiger partial charge in [0.05, 0.1) is 24.5 Å². The molecule has 1 N–H and O–H groups in total. The van der Waals surface area contributed by atoms with Crippen LogP contribution in [0.1, 0.15) is 56.0 Å². The summed E-state index contributed by atoms with van der Waals surface area (Å²) in [5.41, 5.74) is 1.73. The number of rotatable bonds is 5. The van der Waals surface area contributed by atoms with Crippen LogP contribution < -0.4 is 0 Å². The Balaban J connectivity index is 1.61. The van der Waals surface area contributed by atoms with Crippen molar-refractivity contribution in [2.45, 2.75) is 57.7 Å². The molecule has 0 aliphatic carbocycles. The second-order valence-electron chi connectivity index (χ2n) is 8.27. The summed E-state index contributed by atoms with van der Waals surface area (Å²) in [6, 6.07) is 1.97. The highest BCUT2D eigenvalue weighted by Crippen LogP contribution is 2.19. The molecule has 1 amide bonds. The van der Waals surface area contributed by atoms with Gasteiger partial charge in [0.15, 0.2) is 0 Å². The number of amides is 1. The molecule has 1 atom stereocenters. The molecule has 7 heteroatoms. The minimum atomic E-state index is -0.593. The molecule has 0 aromatic carbocycles. The highest BCUT2D eigenvalue weighted by Gasteiger charge is 2.24. The van der Waals surface area contributed by atoms with Gasteiger partial charge in [0, 0.05) is 19.6 Å². The van der Waals surface area contributed by atoms with E-state index in [1.165, 1.54) is 32.1 Å². The quantitative estimate of drug-likeness (QED) is 0.842. The van der Waals surface area contributed by atoms with Crippen LogP contribution in [0.2, 0.25) is 0 Å². The van der Waals surface area contributed by atoms with Gasteiger partial charge in [-0.15, -0.1) is 0 Å². The normalized spacial score (nSPS) is 20.7. The van der Waals surface area contributed by atoms with Crippen molar-refractivity contribution in [2.24, 2.45) is 0 Å². The van der Waals surface area contributed by atoms with E-state index in [9.17, 15) is 9.90 Å². The largest absolute Gasteiger partial charge is 0.385 e. The second kappa shape index (κ2) is 9.66. The fourth-order valence-electron chi connectivity index (χ4n) is 4.06. The first-order valence-electron chi connectivity index (χ1n) is 10.4. The van der Waals surface area contributed by atoms with E-state index < -0.39 is 6.10 Å². The van der Waals surface area contributed by atoms with E-state index in [2.05, 4.69) is 10.00 Å². The van der Waals surface area contributed by atoms with Crippen LogP contribution in [-0.2, 0) is 17.9 Å². The third-order valence-corrected chi connectivity index (χ3v) is 5.57. The number of carbonyl (C=O) groups excluding carboxylic acids is 1. The zero-order valence-electron chi connectivity index (χ0n) is 16.9. The van der Waals surface area contributed by atoms with Gasteiger partial charge in [-0.1, -0.05) is 19.3 Å². The first-order chi connectivity index (χ1) is 13.0. The summed E-state index contributed by atoms with van der Waals surface area (Å²) in [5.74, 6) is 0.223. The van der Waals surface area contributed by atoms with E-state index in [-0.39, 0.29) is 5.91 Å². The van der Waals surface area contributed by atoms with E-state index in [0.29, 0.717) is 25.3 Å². The van der Waals surface area contributed by atoms with Crippen LogP contribution in [0.5, 0.6) is 0 Å². The van der Waals surface area contributed by atoms with E-state index >= 15 is 0 Å². The van der Waals surface area contributed by atoms with Crippen molar-refractivity contribution in [3.63, 3.8) is 0 Å². The Bertz CT molecular complexity index is 608. The zero-order chi connectivity index (χ0) is 19.2. The molecule has 2 aliphatic heterocycles. The van der Waals surface area contributed by atoms with E-state index in [4.69, 9.17) is 0 Å². The van der Waals surface area contributed by atoms with Gasteiger partial charge in [-0.05, 0) is 52.5 Å². The summed E-state index contributed by atoms with van der Waals surface area (Å²) in [6.07, 6.45) is 6.62. The molecular formula is C20H35N5O2. The minimum absolute atomic E-state index is 0.223. The summed E-state index contributed by atoms with van der Waals surface area (Å²) in [5, 5.41) is 14.9. The molecule has 7 nitrogen and oxygen atoms in total. The van der Waals surface area contributed by atoms with Crippen LogP contribution in [-0.4, -0.2) is 82.3 Å². The number of aliphatic hydroxyl groups is 1. The highest BCUT2D eigenvalue weighted by molar-refractivity contribution is 5.78. The molecule has 1 saturated heterocycles. The van der Waals surface area contributed by atoms with Crippen LogP contribution in [0.25, 0.3) is 0 Å². The van der Waals surface area contributed by atoms with Crippen molar-refractivity contribution in [2.75, 3.05) is 46.8 Å². The lowest BCUT2D eigenvalue weighted by atomic mass is 10.1. The lowest BCUT2D eigenvalue weighted by Crippen LogP contribution is -2.41. The van der Waals surface area contributed by atoms with Crippen LogP contribution in [0.4, 0.5) is 0 Å². The standard InChI is InChI=1S/C20H35N5O2/c1-22(2)15-19(26)18-13-17-14-24(11-8-12-25(17)21-18)20(27)16-23-9-6-4-3-5-7-10-23/h13,19,26H,3-12,14-16H2,1-2H3. The molecule has 1 aromatic heterocycles. The van der Waals surface area contributed by atoms with Crippen molar-refractivity contribution in [1.29, 1.82) is 0 Å². The van der Waals surface area contributed by atoms with Crippen molar-refractivity contribution < 1.29 is 9.90 Å². The number of aliphatic hydroxyl groups excluding tert-OH is 1. The topological polar surface area (TPSA) is 64.8 Å². The van der Waals surface area contributed by atoms with Gasteiger partial charge in [0.2, 0.25) is 5.91 Å². The summed E-state index contributed by atoms with van der Waals surface area (Å²) < 4.78 is 1.97. The molecule has 1 aromatic rings. The number of nitrogens with zero attached hydrogens (tertiary/aromatic N) is 5. The monoisotopic (exact) mass is 377 g/mol. The maximum Gasteiger partial charge on any atom is 0.237 e. The molecule has 2 aliphatic rings. The third kappa shape index (κ3) is 5.77. The predicted molar refractivity (Wildman–Crippen MR) is 105 cm³/mol. The van der Waals surface area contributed by atoms with Crippen LogP contribution in [0, 0.1) is 0 Å². The fourth-order valence-corrected chi connectivity index (χ4v) is 4.06. The first kappa shape index (κ1) is 20.3. The van der Waals surface area contributed by atoms with Gasteiger partial charge in [0.25, 0.3) is 0 Å². The Hall–Kier alpha value is -1.44. The molecule has 3 heterocycles. The lowest BCUT2D eigenvalue weighted by Gasteiger charge is -2.27. The van der Waals surface area contributed by atoms with Gasteiger partial charge in [-0.25, -0.2) is 0 Å². The summed E-state index contributed by atoms with van der Waals surface area (Å²) >= 11 is 0. The van der Waals surface area contributed by atoms with Gasteiger partial charge < -0.3 is 14.9 Å². The minimum Gasteiger partial charge on any atom is -0.385 e. The lowest BCUT2D eigenvalue weighted by molar-refractivity contribution is -0.133. The second-order valence-corrected chi connectivity index (χ2v) is 8.27. The molecule has 0 spiro atoms. The number of hydrogen-bond donors (Lipinski definition) is 1. The van der Waals surface area contributed by atoms with E-state index in [0.717, 1.165) is 38.3 Å². The Morgan fingerprint density at radius 1 is 1.11 bits per heavy atom. The maximum atomic E-state index is 12.9. The summed E-state index contributed by atoms with van der Waals surface area (Å²) in [7, 11) is 3.88. The highest BCUT2D eigenvalue weighted by atomic mass is 16.3. The number of aryl methyl sites for hydroxylation is 1. The van der Waals surface area contributed by atoms with Gasteiger partial charge >= 0.3 is 0 Å². The number of fused-ring (bicyclic) bond motifs is 1. The number of aromatic nitrogens is 2. The SMILES string of the molecule is CN(C)CC(O)c1cc2n(n1)CCCN(C(=O)CN1CCCCCCC1)C2. The average molecular weight is 378 g/mol. The van der Waals surface area contributed by atoms with Gasteiger partial charge in [-0.2, -0.15) is 5.10 Å². The molecule has 0 bridgehead atoms. The van der Waals surface area contributed by atoms with Crippen LogP contribution >= 0.6 is 0 Å². The Morgan fingerprint density at radius 3 is 2.52 bits per heavy atom. The molecule has 27 heavy (non-hydrogen) atoms. The number of hydrogen-bond acceptors (Lipinski definition) is 5. The number of carbonyl (C=O) groups is 1. The van der Waals surface area contributed by atoms with E-state index in [1.807, 2.05) is 34.6 Å². The Labute approximate surface area is 162 Å². The van der Waals surface area contributed by atoms with Crippen LogP contribution in [0.15, 0.2) is 6.07 Å². The average Bonchev–Trinajstić information content (AvgIpc) is 2.88. The summed E-state index contributed by atoms with van der Waals surface area (Å²) in [4.78, 5) is 19.2. The number of likely N-dealkylation sites (tertiary alicyclic amines) is 1. The molecule has 0 radical (unpaired) electrons. The molecule has 152 valence electrons. The van der Waals surface area contributed by atoms with Gasteiger partial charge in [0.1, 0.15) is 6.10 Å². The Morgan fingerprint density at radius 2 is 1.81 bits per heavy atom. The predicted octanol–water partition coefficient (Wildman–Crippen LogP) is 1.48. The smallest absolute Gasteiger partial charge is 0.237 e. The van der Waals surface area contributed by atoms with Crippen molar-refractivity contribution >= 4 is 5.91 Å².